The number of Topliss-reactive ketones (excluding diaryl/α,β-unsaturated/α-hetero) is 1. The van der Waals surface area contributed by atoms with Crippen LogP contribution in [0.5, 0.6) is 11.5 Å². The Hall–Kier alpha value is -1.86. The van der Waals surface area contributed by atoms with E-state index in [9.17, 15) is 9.59 Å². The molecule has 0 unspecified atom stereocenters. The van der Waals surface area contributed by atoms with Crippen LogP contribution < -0.4 is 9.47 Å². The molecule has 0 bridgehead atoms. The number of hydrogen-bond acceptors (Lipinski definition) is 6. The number of ether oxygens (including phenoxy) is 3. The Labute approximate surface area is 152 Å². The first-order valence-corrected chi connectivity index (χ1v) is 8.85. The van der Waals surface area contributed by atoms with Crippen molar-refractivity contribution < 1.29 is 23.8 Å². The third kappa shape index (κ3) is 4.82. The van der Waals surface area contributed by atoms with E-state index in [0.29, 0.717) is 16.4 Å². The van der Waals surface area contributed by atoms with Crippen LogP contribution in [0.25, 0.3) is 0 Å². The molecule has 0 fully saturated rings. The average molecular weight is 413 g/mol. The largest absolute Gasteiger partial charge is 0.493 e. The molecule has 0 aliphatic carbocycles. The molecular formula is C17H17BrO5S. The van der Waals surface area contributed by atoms with Crippen LogP contribution in [0, 0.1) is 0 Å². The van der Waals surface area contributed by atoms with E-state index < -0.39 is 5.97 Å². The van der Waals surface area contributed by atoms with Gasteiger partial charge in [-0.15, -0.1) is 11.3 Å². The number of methoxy groups -OCH3 is 2. The van der Waals surface area contributed by atoms with E-state index in [4.69, 9.17) is 14.2 Å². The van der Waals surface area contributed by atoms with Gasteiger partial charge in [-0.05, 0) is 23.6 Å². The van der Waals surface area contributed by atoms with E-state index >= 15 is 0 Å². The fourth-order valence-electron chi connectivity index (χ4n) is 2.01. The number of carbonyl (C=O) groups is 2. The zero-order valence-electron chi connectivity index (χ0n) is 13.3. The standard InChI is InChI=1S/C17H17BrO5S/c1-21-14-8-11(12(18)9-15(14)22-2)10-23-17(20)6-5-13(19)16-4-3-7-24-16/h3-4,7-9H,5-6,10H2,1-2H3. The zero-order chi connectivity index (χ0) is 17.5. The fourth-order valence-corrected chi connectivity index (χ4v) is 3.14. The first-order chi connectivity index (χ1) is 11.5. The molecule has 2 aromatic rings. The zero-order valence-corrected chi connectivity index (χ0v) is 15.7. The summed E-state index contributed by atoms with van der Waals surface area (Å²) in [6.07, 6.45) is 0.202. The SMILES string of the molecule is COc1cc(Br)c(COC(=O)CCC(=O)c2cccs2)cc1OC. The Morgan fingerprint density at radius 3 is 2.46 bits per heavy atom. The molecule has 1 heterocycles. The number of esters is 1. The monoisotopic (exact) mass is 412 g/mol. The van der Waals surface area contributed by atoms with Crippen LogP contribution in [0.3, 0.4) is 0 Å². The lowest BCUT2D eigenvalue weighted by Gasteiger charge is -2.12. The van der Waals surface area contributed by atoms with E-state index in [0.717, 1.165) is 10.0 Å². The molecule has 1 aromatic carbocycles. The summed E-state index contributed by atoms with van der Waals surface area (Å²) in [7, 11) is 3.09. The lowest BCUT2D eigenvalue weighted by Crippen LogP contribution is -2.08. The minimum atomic E-state index is -0.415. The van der Waals surface area contributed by atoms with Crippen LogP contribution in [-0.4, -0.2) is 26.0 Å². The van der Waals surface area contributed by atoms with Crippen molar-refractivity contribution >= 4 is 39.0 Å². The topological polar surface area (TPSA) is 61.8 Å². The number of halogens is 1. The lowest BCUT2D eigenvalue weighted by atomic mass is 10.2. The summed E-state index contributed by atoms with van der Waals surface area (Å²) in [6.45, 7) is 0.0902. The number of carbonyl (C=O) groups excluding carboxylic acids is 2. The second-order valence-electron chi connectivity index (χ2n) is 4.86. The molecule has 128 valence electrons. The number of rotatable bonds is 8. The molecule has 5 nitrogen and oxygen atoms in total. The molecule has 0 amide bonds. The van der Waals surface area contributed by atoms with Crippen molar-refractivity contribution in [3.05, 3.63) is 44.6 Å². The van der Waals surface area contributed by atoms with Gasteiger partial charge in [0.25, 0.3) is 0 Å². The first kappa shape index (κ1) is 18.5. The Morgan fingerprint density at radius 1 is 1.12 bits per heavy atom. The molecule has 0 saturated heterocycles. The minimum absolute atomic E-state index is 0.0470. The van der Waals surface area contributed by atoms with Crippen molar-refractivity contribution in [2.24, 2.45) is 0 Å². The normalized spacial score (nSPS) is 10.3. The molecule has 0 radical (unpaired) electrons. The van der Waals surface area contributed by atoms with E-state index in [1.54, 1.807) is 25.3 Å². The second kappa shape index (κ2) is 8.84. The lowest BCUT2D eigenvalue weighted by molar-refractivity contribution is -0.144. The van der Waals surface area contributed by atoms with Gasteiger partial charge in [0, 0.05) is 16.5 Å². The number of ketones is 1. The molecule has 0 aliphatic rings. The van der Waals surface area contributed by atoms with Gasteiger partial charge >= 0.3 is 5.97 Å². The highest BCUT2D eigenvalue weighted by atomic mass is 79.9. The van der Waals surface area contributed by atoms with Crippen LogP contribution >= 0.6 is 27.3 Å². The fraction of sp³-hybridized carbons (Fsp3) is 0.294. The second-order valence-corrected chi connectivity index (χ2v) is 6.66. The molecule has 0 spiro atoms. The predicted molar refractivity (Wildman–Crippen MR) is 94.9 cm³/mol. The quantitative estimate of drug-likeness (QED) is 0.479. The summed E-state index contributed by atoms with van der Waals surface area (Å²) in [4.78, 5) is 24.4. The number of benzene rings is 1. The van der Waals surface area contributed by atoms with Gasteiger partial charge in [-0.3, -0.25) is 9.59 Å². The van der Waals surface area contributed by atoms with Crippen LogP contribution in [0.1, 0.15) is 28.1 Å². The molecule has 7 heteroatoms. The van der Waals surface area contributed by atoms with Gasteiger partial charge in [-0.1, -0.05) is 22.0 Å². The molecule has 0 N–H and O–H groups in total. The van der Waals surface area contributed by atoms with Crippen molar-refractivity contribution in [1.82, 2.24) is 0 Å². The summed E-state index contributed by atoms with van der Waals surface area (Å²) >= 11 is 4.78. The Morgan fingerprint density at radius 2 is 1.83 bits per heavy atom. The van der Waals surface area contributed by atoms with E-state index in [2.05, 4.69) is 15.9 Å². The van der Waals surface area contributed by atoms with Crippen LogP contribution in [-0.2, 0) is 16.1 Å². The van der Waals surface area contributed by atoms with Gasteiger partial charge in [0.05, 0.1) is 25.5 Å². The molecule has 2 rings (SSSR count). The first-order valence-electron chi connectivity index (χ1n) is 7.18. The summed E-state index contributed by atoms with van der Waals surface area (Å²) in [6, 6.07) is 7.05. The van der Waals surface area contributed by atoms with Gasteiger partial charge in [0.15, 0.2) is 17.3 Å². The van der Waals surface area contributed by atoms with Crippen LogP contribution in [0.15, 0.2) is 34.1 Å². The highest BCUT2D eigenvalue weighted by Crippen LogP contribution is 2.33. The van der Waals surface area contributed by atoms with Crippen molar-refractivity contribution in [1.29, 1.82) is 0 Å². The van der Waals surface area contributed by atoms with E-state index in [-0.39, 0.29) is 25.2 Å². The summed E-state index contributed by atoms with van der Waals surface area (Å²) in [5.41, 5.74) is 0.755. The predicted octanol–water partition coefficient (Wildman–Crippen LogP) is 4.23. The van der Waals surface area contributed by atoms with Crippen molar-refractivity contribution in [3.8, 4) is 11.5 Å². The van der Waals surface area contributed by atoms with Crippen LogP contribution in [0.4, 0.5) is 0 Å². The maximum atomic E-state index is 11.9. The molecular weight excluding hydrogens is 396 g/mol. The highest BCUT2D eigenvalue weighted by Gasteiger charge is 2.13. The summed E-state index contributed by atoms with van der Waals surface area (Å²) < 4.78 is 16.4. The van der Waals surface area contributed by atoms with Gasteiger partial charge in [-0.25, -0.2) is 0 Å². The summed E-state index contributed by atoms with van der Waals surface area (Å²) in [5, 5.41) is 1.83. The molecule has 0 saturated carbocycles. The maximum absolute atomic E-state index is 11.9. The summed E-state index contributed by atoms with van der Waals surface area (Å²) in [5.74, 6) is 0.677. The smallest absolute Gasteiger partial charge is 0.306 e. The van der Waals surface area contributed by atoms with Gasteiger partial charge in [0.2, 0.25) is 0 Å². The Kier molecular flexibility index (Phi) is 6.81. The van der Waals surface area contributed by atoms with Gasteiger partial charge < -0.3 is 14.2 Å². The maximum Gasteiger partial charge on any atom is 0.306 e. The van der Waals surface area contributed by atoms with Crippen molar-refractivity contribution in [3.63, 3.8) is 0 Å². The third-order valence-corrected chi connectivity index (χ3v) is 4.94. The Balaban J connectivity index is 1.88. The average Bonchev–Trinajstić information content (AvgIpc) is 3.12. The van der Waals surface area contributed by atoms with Gasteiger partial charge in [-0.2, -0.15) is 0 Å². The van der Waals surface area contributed by atoms with Crippen molar-refractivity contribution in [2.45, 2.75) is 19.4 Å². The third-order valence-electron chi connectivity index (χ3n) is 3.29. The van der Waals surface area contributed by atoms with Crippen LogP contribution in [0.2, 0.25) is 0 Å². The molecule has 0 aliphatic heterocycles. The minimum Gasteiger partial charge on any atom is -0.493 e. The van der Waals surface area contributed by atoms with Crippen molar-refractivity contribution in [2.75, 3.05) is 14.2 Å². The molecule has 24 heavy (non-hydrogen) atoms. The van der Waals surface area contributed by atoms with E-state index in [1.165, 1.54) is 18.4 Å². The molecule has 1 aromatic heterocycles. The number of hydrogen-bond donors (Lipinski definition) is 0. The molecule has 0 atom stereocenters. The Bertz CT molecular complexity index is 712. The highest BCUT2D eigenvalue weighted by molar-refractivity contribution is 9.10. The van der Waals surface area contributed by atoms with E-state index in [1.807, 2.05) is 11.4 Å². The van der Waals surface area contributed by atoms with Gasteiger partial charge in [0.1, 0.15) is 6.61 Å². The number of thiophene rings is 1.